The third kappa shape index (κ3) is 4.89. The molecule has 0 aliphatic heterocycles. The molecule has 1 atom stereocenters. The van der Waals surface area contributed by atoms with Crippen LogP contribution in [0.5, 0.6) is 5.75 Å². The normalized spacial score (nSPS) is 12.3. The molecule has 2 N–H and O–H groups in total. The Morgan fingerprint density at radius 2 is 2.16 bits per heavy atom. The van der Waals surface area contributed by atoms with Crippen molar-refractivity contribution < 1.29 is 14.6 Å². The molecule has 0 bridgehead atoms. The van der Waals surface area contributed by atoms with Crippen LogP contribution >= 0.6 is 0 Å². The molecule has 1 aromatic rings. The summed E-state index contributed by atoms with van der Waals surface area (Å²) < 4.78 is 5.44. The Morgan fingerprint density at radius 3 is 2.79 bits per heavy atom. The van der Waals surface area contributed by atoms with Gasteiger partial charge in [0.05, 0.1) is 25.4 Å². The quantitative estimate of drug-likeness (QED) is 0.781. The molecule has 5 heteroatoms. The highest BCUT2D eigenvalue weighted by Gasteiger charge is 2.13. The monoisotopic (exact) mass is 266 g/mol. The lowest BCUT2D eigenvalue weighted by Crippen LogP contribution is -2.38. The Kier molecular flexibility index (Phi) is 6.32. The van der Waals surface area contributed by atoms with Gasteiger partial charge in [-0.1, -0.05) is 12.1 Å². The number of rotatable bonds is 7. The second kappa shape index (κ2) is 7.76. The van der Waals surface area contributed by atoms with Crippen molar-refractivity contribution in [3.05, 3.63) is 24.3 Å². The lowest BCUT2D eigenvalue weighted by Gasteiger charge is -2.22. The first-order valence-corrected chi connectivity index (χ1v) is 6.41. The molecule has 0 saturated carbocycles. The van der Waals surface area contributed by atoms with Crippen molar-refractivity contribution in [2.75, 3.05) is 32.1 Å². The fourth-order valence-electron chi connectivity index (χ4n) is 1.56. The zero-order valence-electron chi connectivity index (χ0n) is 11.7. The number of carbonyl (C=O) groups is 1. The molecule has 0 aromatic heterocycles. The molecule has 1 aromatic carbocycles. The number of amides is 1. The Morgan fingerprint density at radius 1 is 1.47 bits per heavy atom. The predicted molar refractivity (Wildman–Crippen MR) is 75.4 cm³/mol. The minimum Gasteiger partial charge on any atom is -0.492 e. The maximum absolute atomic E-state index is 11.9. The molecular formula is C14H22N2O3. The van der Waals surface area contributed by atoms with Gasteiger partial charge < -0.3 is 15.2 Å². The van der Waals surface area contributed by atoms with Crippen LogP contribution in [0.15, 0.2) is 24.3 Å². The number of likely N-dealkylation sites (N-methyl/N-ethyl adjacent to an activating group) is 1. The summed E-state index contributed by atoms with van der Waals surface area (Å²) in [6, 6.07) is 7.28. The summed E-state index contributed by atoms with van der Waals surface area (Å²) in [7, 11) is 1.80. The number of aliphatic hydroxyl groups is 1. The number of hydrogen-bond donors (Lipinski definition) is 2. The molecule has 0 aliphatic carbocycles. The molecule has 0 saturated heterocycles. The molecule has 5 nitrogen and oxygen atoms in total. The molecule has 0 spiro atoms. The highest BCUT2D eigenvalue weighted by molar-refractivity contribution is 5.93. The number of nitrogens with zero attached hydrogens (tertiary/aromatic N) is 1. The molecule has 1 amide bonds. The molecular weight excluding hydrogens is 244 g/mol. The SMILES string of the molecule is CCOc1ccccc1NC(=O)CN(C)C(C)CO. The zero-order valence-corrected chi connectivity index (χ0v) is 11.7. The van der Waals surface area contributed by atoms with E-state index in [2.05, 4.69) is 5.32 Å². The van der Waals surface area contributed by atoms with Gasteiger partial charge in [0, 0.05) is 6.04 Å². The maximum atomic E-state index is 11.9. The van der Waals surface area contributed by atoms with Crippen LogP contribution in [-0.4, -0.2) is 48.8 Å². The van der Waals surface area contributed by atoms with Crippen molar-refractivity contribution in [1.29, 1.82) is 0 Å². The van der Waals surface area contributed by atoms with Crippen LogP contribution in [0.25, 0.3) is 0 Å². The van der Waals surface area contributed by atoms with E-state index in [0.29, 0.717) is 18.0 Å². The van der Waals surface area contributed by atoms with Crippen LogP contribution in [0.3, 0.4) is 0 Å². The Balaban J connectivity index is 2.61. The fraction of sp³-hybridized carbons (Fsp3) is 0.500. The number of aliphatic hydroxyl groups excluding tert-OH is 1. The minimum absolute atomic E-state index is 0.0271. The number of nitrogens with one attached hydrogen (secondary N) is 1. The van der Waals surface area contributed by atoms with E-state index in [0.717, 1.165) is 0 Å². The zero-order chi connectivity index (χ0) is 14.3. The first kappa shape index (κ1) is 15.5. The van der Waals surface area contributed by atoms with Crippen molar-refractivity contribution in [2.45, 2.75) is 19.9 Å². The lowest BCUT2D eigenvalue weighted by molar-refractivity contribution is -0.117. The molecule has 0 radical (unpaired) electrons. The molecule has 19 heavy (non-hydrogen) atoms. The molecule has 0 fully saturated rings. The van der Waals surface area contributed by atoms with Crippen molar-refractivity contribution in [3.63, 3.8) is 0 Å². The summed E-state index contributed by atoms with van der Waals surface area (Å²) in [5.74, 6) is 0.533. The van der Waals surface area contributed by atoms with E-state index in [9.17, 15) is 4.79 Å². The van der Waals surface area contributed by atoms with E-state index in [1.807, 2.05) is 32.0 Å². The predicted octanol–water partition coefficient (Wildman–Crippen LogP) is 1.34. The van der Waals surface area contributed by atoms with Crippen molar-refractivity contribution >= 4 is 11.6 Å². The molecule has 1 rings (SSSR count). The van der Waals surface area contributed by atoms with Gasteiger partial charge in [0.1, 0.15) is 5.75 Å². The van der Waals surface area contributed by atoms with Gasteiger partial charge in [-0.3, -0.25) is 9.69 Å². The Bertz CT molecular complexity index is 409. The van der Waals surface area contributed by atoms with Crippen LogP contribution in [-0.2, 0) is 4.79 Å². The summed E-state index contributed by atoms with van der Waals surface area (Å²) in [5, 5.41) is 11.8. The number of carbonyl (C=O) groups excluding carboxylic acids is 1. The van der Waals surface area contributed by atoms with Crippen LogP contribution in [0, 0.1) is 0 Å². The number of hydrogen-bond acceptors (Lipinski definition) is 4. The van der Waals surface area contributed by atoms with Gasteiger partial charge in [0.2, 0.25) is 5.91 Å². The summed E-state index contributed by atoms with van der Waals surface area (Å²) in [6.07, 6.45) is 0. The minimum atomic E-state index is -0.130. The molecule has 0 aliphatic rings. The third-order valence-corrected chi connectivity index (χ3v) is 2.87. The van der Waals surface area contributed by atoms with Crippen molar-refractivity contribution in [3.8, 4) is 5.75 Å². The average molecular weight is 266 g/mol. The molecule has 106 valence electrons. The number of ether oxygens (including phenoxy) is 1. The van der Waals surface area contributed by atoms with E-state index in [1.54, 1.807) is 18.0 Å². The van der Waals surface area contributed by atoms with Gasteiger partial charge in [-0.15, -0.1) is 0 Å². The van der Waals surface area contributed by atoms with E-state index in [-0.39, 0.29) is 25.1 Å². The highest BCUT2D eigenvalue weighted by atomic mass is 16.5. The van der Waals surface area contributed by atoms with Crippen LogP contribution in [0.4, 0.5) is 5.69 Å². The smallest absolute Gasteiger partial charge is 0.238 e. The highest BCUT2D eigenvalue weighted by Crippen LogP contribution is 2.23. The van der Waals surface area contributed by atoms with E-state index in [4.69, 9.17) is 9.84 Å². The van der Waals surface area contributed by atoms with Gasteiger partial charge >= 0.3 is 0 Å². The van der Waals surface area contributed by atoms with Gasteiger partial charge in [-0.2, -0.15) is 0 Å². The van der Waals surface area contributed by atoms with Crippen LogP contribution in [0.2, 0.25) is 0 Å². The first-order valence-electron chi connectivity index (χ1n) is 6.41. The standard InChI is InChI=1S/C14H22N2O3/c1-4-19-13-8-6-5-7-12(13)15-14(18)9-16(3)11(2)10-17/h5-8,11,17H,4,9-10H2,1-3H3,(H,15,18). The number of para-hydroxylation sites is 2. The summed E-state index contributed by atoms with van der Waals surface area (Å²) in [4.78, 5) is 13.7. The summed E-state index contributed by atoms with van der Waals surface area (Å²) in [5.41, 5.74) is 0.666. The second-order valence-corrected chi connectivity index (χ2v) is 4.42. The largest absolute Gasteiger partial charge is 0.492 e. The lowest BCUT2D eigenvalue weighted by atomic mass is 10.2. The van der Waals surface area contributed by atoms with Crippen molar-refractivity contribution in [1.82, 2.24) is 4.90 Å². The van der Waals surface area contributed by atoms with Gasteiger partial charge in [-0.25, -0.2) is 0 Å². The van der Waals surface area contributed by atoms with E-state index >= 15 is 0 Å². The Hall–Kier alpha value is -1.59. The van der Waals surface area contributed by atoms with Gasteiger partial charge in [-0.05, 0) is 33.0 Å². The van der Waals surface area contributed by atoms with Gasteiger partial charge in [0.25, 0.3) is 0 Å². The topological polar surface area (TPSA) is 61.8 Å². The molecule has 0 heterocycles. The summed E-state index contributed by atoms with van der Waals surface area (Å²) in [6.45, 7) is 4.56. The van der Waals surface area contributed by atoms with E-state index in [1.165, 1.54) is 0 Å². The van der Waals surface area contributed by atoms with Crippen LogP contribution in [0.1, 0.15) is 13.8 Å². The van der Waals surface area contributed by atoms with E-state index < -0.39 is 0 Å². The Labute approximate surface area is 114 Å². The third-order valence-electron chi connectivity index (χ3n) is 2.87. The van der Waals surface area contributed by atoms with Crippen molar-refractivity contribution in [2.24, 2.45) is 0 Å². The van der Waals surface area contributed by atoms with Gasteiger partial charge in [0.15, 0.2) is 0 Å². The molecule has 1 unspecified atom stereocenters. The van der Waals surface area contributed by atoms with Crippen LogP contribution < -0.4 is 10.1 Å². The summed E-state index contributed by atoms with van der Waals surface area (Å²) >= 11 is 0. The maximum Gasteiger partial charge on any atom is 0.238 e. The first-order chi connectivity index (χ1) is 9.08. The second-order valence-electron chi connectivity index (χ2n) is 4.42. The fourth-order valence-corrected chi connectivity index (χ4v) is 1.56. The average Bonchev–Trinajstić information content (AvgIpc) is 2.40. The number of anilines is 1. The number of benzene rings is 1.